The Morgan fingerprint density at radius 3 is 2.50 bits per heavy atom. The van der Waals surface area contributed by atoms with Gasteiger partial charge in [-0.15, -0.1) is 0 Å². The summed E-state index contributed by atoms with van der Waals surface area (Å²) in [6.07, 6.45) is 2.02. The van der Waals surface area contributed by atoms with Crippen molar-refractivity contribution in [1.82, 2.24) is 0 Å². The Balaban J connectivity index is 3.63. The van der Waals surface area contributed by atoms with Gasteiger partial charge < -0.3 is 9.94 Å². The first-order valence-corrected chi connectivity index (χ1v) is 6.81. The molecule has 7 heteroatoms. The van der Waals surface area contributed by atoms with Gasteiger partial charge in [0.05, 0.1) is 23.8 Å². The first-order chi connectivity index (χ1) is 8.32. The minimum Gasteiger partial charge on any atom is -0.465 e. The summed E-state index contributed by atoms with van der Waals surface area (Å²) in [5, 5.41) is 11.4. The summed E-state index contributed by atoms with van der Waals surface area (Å²) in [5.41, 5.74) is 0.769. The highest BCUT2D eigenvalue weighted by Crippen LogP contribution is 2.22. The van der Waals surface area contributed by atoms with Crippen molar-refractivity contribution < 1.29 is 23.2 Å². The number of hydrogen-bond donors (Lipinski definition) is 1. The summed E-state index contributed by atoms with van der Waals surface area (Å²) in [6, 6.07) is 2.65. The molecule has 1 rings (SSSR count). The lowest BCUT2D eigenvalue weighted by molar-refractivity contribution is 0.0599. The van der Waals surface area contributed by atoms with Crippen molar-refractivity contribution in [2.45, 2.75) is 11.8 Å². The van der Waals surface area contributed by atoms with Crippen LogP contribution in [0.15, 0.2) is 22.2 Å². The molecule has 0 fully saturated rings. The van der Waals surface area contributed by atoms with Crippen LogP contribution >= 0.6 is 0 Å². The van der Waals surface area contributed by atoms with Gasteiger partial charge in [-0.25, -0.2) is 13.2 Å². The summed E-state index contributed by atoms with van der Waals surface area (Å²) in [7, 11) is -2.25. The van der Waals surface area contributed by atoms with Crippen LogP contribution in [-0.4, -0.2) is 39.2 Å². The van der Waals surface area contributed by atoms with Gasteiger partial charge in [0, 0.05) is 11.8 Å². The maximum Gasteiger partial charge on any atom is 0.338 e. The van der Waals surface area contributed by atoms with Gasteiger partial charge in [-0.1, -0.05) is 5.16 Å². The van der Waals surface area contributed by atoms with Crippen molar-refractivity contribution in [2.75, 3.05) is 13.4 Å². The Morgan fingerprint density at radius 1 is 1.44 bits per heavy atom. The molecule has 1 aromatic rings. The fraction of sp³-hybridized carbons (Fsp3) is 0.273. The Bertz CT molecular complexity index is 604. The van der Waals surface area contributed by atoms with Crippen LogP contribution < -0.4 is 0 Å². The van der Waals surface area contributed by atoms with Gasteiger partial charge in [-0.05, 0) is 24.6 Å². The largest absolute Gasteiger partial charge is 0.465 e. The number of hydrogen-bond acceptors (Lipinski definition) is 6. The van der Waals surface area contributed by atoms with Crippen molar-refractivity contribution in [3.05, 3.63) is 28.8 Å². The lowest BCUT2D eigenvalue weighted by Gasteiger charge is -2.10. The number of carbonyl (C=O) groups excluding carboxylic acids is 1. The van der Waals surface area contributed by atoms with Crippen molar-refractivity contribution in [2.24, 2.45) is 5.16 Å². The molecule has 0 saturated heterocycles. The van der Waals surface area contributed by atoms with E-state index in [1.54, 1.807) is 6.92 Å². The van der Waals surface area contributed by atoms with Crippen molar-refractivity contribution in [3.63, 3.8) is 0 Å². The Morgan fingerprint density at radius 2 is 2.06 bits per heavy atom. The Hall–Kier alpha value is -1.89. The first kappa shape index (κ1) is 14.2. The molecule has 0 saturated carbocycles. The third kappa shape index (κ3) is 2.67. The quantitative estimate of drug-likeness (QED) is 0.383. The summed E-state index contributed by atoms with van der Waals surface area (Å²) in [6.45, 7) is 1.55. The molecule has 98 valence electrons. The molecule has 6 nitrogen and oxygen atoms in total. The van der Waals surface area contributed by atoms with Crippen LogP contribution in [0.4, 0.5) is 0 Å². The summed E-state index contributed by atoms with van der Waals surface area (Å²) < 4.78 is 27.7. The molecule has 0 aromatic heterocycles. The molecule has 0 spiro atoms. The molecule has 0 bridgehead atoms. The predicted molar refractivity (Wildman–Crippen MR) is 65.0 cm³/mol. The van der Waals surface area contributed by atoms with Crippen molar-refractivity contribution >= 4 is 22.0 Å². The summed E-state index contributed by atoms with van der Waals surface area (Å²) in [5.74, 6) is -0.583. The van der Waals surface area contributed by atoms with Crippen LogP contribution in [0, 0.1) is 6.92 Å². The number of benzene rings is 1. The smallest absolute Gasteiger partial charge is 0.338 e. The van der Waals surface area contributed by atoms with Crippen LogP contribution in [0.5, 0.6) is 0 Å². The number of carbonyl (C=O) groups is 1. The van der Waals surface area contributed by atoms with Gasteiger partial charge in [-0.2, -0.15) is 0 Å². The second kappa shape index (κ2) is 5.18. The first-order valence-electron chi connectivity index (χ1n) is 4.92. The van der Waals surface area contributed by atoms with Gasteiger partial charge in [0.25, 0.3) is 0 Å². The molecule has 1 N–H and O–H groups in total. The molecule has 0 amide bonds. The van der Waals surface area contributed by atoms with E-state index in [1.807, 2.05) is 0 Å². The number of ether oxygens (including phenoxy) is 1. The number of nitrogens with zero attached hydrogens (tertiary/aromatic N) is 1. The molecular weight excluding hydrogens is 258 g/mol. The van der Waals surface area contributed by atoms with E-state index in [0.29, 0.717) is 5.56 Å². The van der Waals surface area contributed by atoms with Gasteiger partial charge in [0.15, 0.2) is 9.84 Å². The summed E-state index contributed by atoms with van der Waals surface area (Å²) >= 11 is 0. The molecule has 0 aliphatic carbocycles. The van der Waals surface area contributed by atoms with Gasteiger partial charge in [0.1, 0.15) is 0 Å². The molecule has 0 radical (unpaired) electrons. The van der Waals surface area contributed by atoms with E-state index in [-0.39, 0.29) is 16.0 Å². The van der Waals surface area contributed by atoms with E-state index >= 15 is 0 Å². The zero-order valence-electron chi connectivity index (χ0n) is 10.2. The topological polar surface area (TPSA) is 93.0 Å². The fourth-order valence-corrected chi connectivity index (χ4v) is 2.50. The minimum absolute atomic E-state index is 0.00884. The highest BCUT2D eigenvalue weighted by atomic mass is 32.2. The van der Waals surface area contributed by atoms with Crippen molar-refractivity contribution in [3.8, 4) is 0 Å². The average Bonchev–Trinajstić information content (AvgIpc) is 2.29. The molecule has 0 heterocycles. The predicted octanol–water partition coefficient (Wildman–Crippen LogP) is 0.993. The highest BCUT2D eigenvalue weighted by molar-refractivity contribution is 7.90. The Kier molecular flexibility index (Phi) is 4.07. The number of methoxy groups -OCH3 is 1. The van der Waals surface area contributed by atoms with Crippen LogP contribution in [0.3, 0.4) is 0 Å². The standard InChI is InChI=1S/C11H13NO5S/c1-7-8(11(13)17-2)4-5-10(18(3,15)16)9(7)6-12-14/h4-6,14H,1-3H3. The maximum atomic E-state index is 11.6. The van der Waals surface area contributed by atoms with E-state index in [2.05, 4.69) is 9.89 Å². The highest BCUT2D eigenvalue weighted by Gasteiger charge is 2.19. The normalized spacial score (nSPS) is 11.7. The number of oxime groups is 1. The monoisotopic (exact) mass is 271 g/mol. The van der Waals surface area contributed by atoms with Crippen LogP contribution in [0.25, 0.3) is 0 Å². The van der Waals surface area contributed by atoms with Gasteiger partial charge in [0.2, 0.25) is 0 Å². The number of rotatable bonds is 3. The average molecular weight is 271 g/mol. The molecule has 0 aliphatic rings. The van der Waals surface area contributed by atoms with E-state index in [0.717, 1.165) is 12.5 Å². The molecule has 0 aliphatic heterocycles. The molecule has 18 heavy (non-hydrogen) atoms. The SMILES string of the molecule is COC(=O)c1ccc(S(C)(=O)=O)c(C=NO)c1C. The number of sulfone groups is 1. The lowest BCUT2D eigenvalue weighted by atomic mass is 10.0. The van der Waals surface area contributed by atoms with E-state index in [1.165, 1.54) is 19.2 Å². The Labute approximate surface area is 105 Å². The van der Waals surface area contributed by atoms with E-state index < -0.39 is 15.8 Å². The minimum atomic E-state index is -3.48. The number of esters is 1. The maximum absolute atomic E-state index is 11.6. The third-order valence-electron chi connectivity index (χ3n) is 2.47. The van der Waals surface area contributed by atoms with Gasteiger partial charge >= 0.3 is 5.97 Å². The van der Waals surface area contributed by atoms with Crippen LogP contribution in [-0.2, 0) is 14.6 Å². The second-order valence-corrected chi connectivity index (χ2v) is 5.64. The molecule has 0 atom stereocenters. The van der Waals surface area contributed by atoms with E-state index in [4.69, 9.17) is 5.21 Å². The van der Waals surface area contributed by atoms with E-state index in [9.17, 15) is 13.2 Å². The van der Waals surface area contributed by atoms with Crippen LogP contribution in [0.2, 0.25) is 0 Å². The second-order valence-electron chi connectivity index (χ2n) is 3.66. The molecule has 1 aromatic carbocycles. The zero-order chi connectivity index (χ0) is 13.9. The molecule has 0 unspecified atom stereocenters. The summed E-state index contributed by atoms with van der Waals surface area (Å²) in [4.78, 5) is 11.5. The molecular formula is C11H13NO5S. The van der Waals surface area contributed by atoms with Gasteiger partial charge in [-0.3, -0.25) is 0 Å². The zero-order valence-corrected chi connectivity index (χ0v) is 11.0. The third-order valence-corrected chi connectivity index (χ3v) is 3.62. The van der Waals surface area contributed by atoms with Crippen LogP contribution in [0.1, 0.15) is 21.5 Å². The lowest BCUT2D eigenvalue weighted by Crippen LogP contribution is -2.10. The fourth-order valence-electron chi connectivity index (χ4n) is 1.58. The van der Waals surface area contributed by atoms with Crippen molar-refractivity contribution in [1.29, 1.82) is 0 Å².